The molecule has 2 aromatic carbocycles. The van der Waals surface area contributed by atoms with E-state index >= 15 is 0 Å². The van der Waals surface area contributed by atoms with E-state index < -0.39 is 0 Å². The molecule has 2 aromatic rings. The standard InChI is InChI=1S/C24H32N4O3.HI/c1-17-5-4-6-19(13-17)23(29)26-10-11-27-24(25-3)28-15-20-8-7-18(2)14-22(20)31-21-9-12-30-16-21;/h4-8,13-14,21H,9-12,15-16H2,1-3H3,(H,26,29)(H2,25,27,28);1H. The van der Waals surface area contributed by atoms with E-state index in [1.165, 1.54) is 0 Å². The Kier molecular flexibility index (Phi) is 10.8. The highest BCUT2D eigenvalue weighted by atomic mass is 127. The van der Waals surface area contributed by atoms with Gasteiger partial charge in [0, 0.05) is 44.2 Å². The van der Waals surface area contributed by atoms with Gasteiger partial charge in [-0.25, -0.2) is 0 Å². The van der Waals surface area contributed by atoms with Gasteiger partial charge in [0.2, 0.25) is 0 Å². The van der Waals surface area contributed by atoms with Gasteiger partial charge in [0.25, 0.3) is 5.91 Å². The molecule has 0 aromatic heterocycles. The molecule has 1 amide bonds. The largest absolute Gasteiger partial charge is 0.488 e. The van der Waals surface area contributed by atoms with Crippen LogP contribution in [0.3, 0.4) is 0 Å². The van der Waals surface area contributed by atoms with Gasteiger partial charge in [0.15, 0.2) is 5.96 Å². The summed E-state index contributed by atoms with van der Waals surface area (Å²) < 4.78 is 11.6. The Labute approximate surface area is 207 Å². The van der Waals surface area contributed by atoms with Gasteiger partial charge in [-0.2, -0.15) is 0 Å². The zero-order valence-electron chi connectivity index (χ0n) is 18.9. The molecule has 1 heterocycles. The van der Waals surface area contributed by atoms with Gasteiger partial charge in [-0.15, -0.1) is 24.0 Å². The molecule has 0 saturated carbocycles. The van der Waals surface area contributed by atoms with Gasteiger partial charge < -0.3 is 25.4 Å². The van der Waals surface area contributed by atoms with Crippen LogP contribution < -0.4 is 20.7 Å². The molecule has 7 nitrogen and oxygen atoms in total. The van der Waals surface area contributed by atoms with Gasteiger partial charge >= 0.3 is 0 Å². The molecule has 1 saturated heterocycles. The second kappa shape index (κ2) is 13.3. The van der Waals surface area contributed by atoms with Crippen LogP contribution in [0.5, 0.6) is 5.75 Å². The predicted octanol–water partition coefficient (Wildman–Crippen LogP) is 3.18. The van der Waals surface area contributed by atoms with E-state index in [1.807, 2.05) is 31.2 Å². The predicted molar refractivity (Wildman–Crippen MR) is 138 cm³/mol. The first-order valence-corrected chi connectivity index (χ1v) is 10.7. The van der Waals surface area contributed by atoms with E-state index in [2.05, 4.69) is 46.1 Å². The van der Waals surface area contributed by atoms with Crippen molar-refractivity contribution in [2.24, 2.45) is 4.99 Å². The summed E-state index contributed by atoms with van der Waals surface area (Å²) in [6, 6.07) is 13.8. The van der Waals surface area contributed by atoms with Crippen LogP contribution in [0.2, 0.25) is 0 Å². The highest BCUT2D eigenvalue weighted by Gasteiger charge is 2.18. The lowest BCUT2D eigenvalue weighted by atomic mass is 10.1. The highest BCUT2D eigenvalue weighted by Crippen LogP contribution is 2.23. The number of halogens is 1. The Balaban J connectivity index is 0.00000363. The van der Waals surface area contributed by atoms with Crippen LogP contribution in [0.1, 0.15) is 33.5 Å². The molecule has 8 heteroatoms. The van der Waals surface area contributed by atoms with Gasteiger partial charge in [-0.3, -0.25) is 9.79 Å². The van der Waals surface area contributed by atoms with Crippen molar-refractivity contribution in [3.8, 4) is 5.75 Å². The summed E-state index contributed by atoms with van der Waals surface area (Å²) in [5, 5.41) is 9.46. The zero-order chi connectivity index (χ0) is 22.1. The summed E-state index contributed by atoms with van der Waals surface area (Å²) in [6.07, 6.45) is 1.02. The number of carbonyl (C=O) groups excluding carboxylic acids is 1. The van der Waals surface area contributed by atoms with Crippen LogP contribution in [0.25, 0.3) is 0 Å². The lowest BCUT2D eigenvalue weighted by molar-refractivity contribution is 0.0954. The molecule has 32 heavy (non-hydrogen) atoms. The third kappa shape index (κ3) is 7.98. The number of nitrogens with zero attached hydrogens (tertiary/aromatic N) is 1. The number of hydrogen-bond donors (Lipinski definition) is 3. The highest BCUT2D eigenvalue weighted by molar-refractivity contribution is 14.0. The monoisotopic (exact) mass is 552 g/mol. The minimum absolute atomic E-state index is 0. The number of aryl methyl sites for hydroxylation is 2. The van der Waals surface area contributed by atoms with Crippen molar-refractivity contribution in [3.63, 3.8) is 0 Å². The molecule has 3 N–H and O–H groups in total. The van der Waals surface area contributed by atoms with E-state index in [0.717, 1.165) is 35.5 Å². The Morgan fingerprint density at radius 3 is 2.59 bits per heavy atom. The molecule has 1 unspecified atom stereocenters. The van der Waals surface area contributed by atoms with E-state index in [1.54, 1.807) is 7.05 Å². The maximum atomic E-state index is 12.2. The van der Waals surface area contributed by atoms with Crippen LogP contribution in [-0.2, 0) is 11.3 Å². The van der Waals surface area contributed by atoms with Crippen LogP contribution in [0.15, 0.2) is 47.5 Å². The maximum absolute atomic E-state index is 12.2. The maximum Gasteiger partial charge on any atom is 0.251 e. The lowest BCUT2D eigenvalue weighted by Crippen LogP contribution is -2.41. The summed E-state index contributed by atoms with van der Waals surface area (Å²) in [5.74, 6) is 1.47. The second-order valence-corrected chi connectivity index (χ2v) is 7.69. The van der Waals surface area contributed by atoms with E-state index in [0.29, 0.717) is 37.8 Å². The number of amides is 1. The smallest absolute Gasteiger partial charge is 0.251 e. The van der Waals surface area contributed by atoms with Gasteiger partial charge in [0.1, 0.15) is 11.9 Å². The molecule has 0 aliphatic carbocycles. The Morgan fingerprint density at radius 2 is 1.88 bits per heavy atom. The average Bonchev–Trinajstić information content (AvgIpc) is 3.27. The van der Waals surface area contributed by atoms with Crippen molar-refractivity contribution in [3.05, 3.63) is 64.7 Å². The molecular formula is C24H33IN4O3. The Bertz CT molecular complexity index is 914. The third-order valence-electron chi connectivity index (χ3n) is 5.06. The number of benzene rings is 2. The average molecular weight is 552 g/mol. The summed E-state index contributed by atoms with van der Waals surface area (Å²) in [7, 11) is 1.73. The van der Waals surface area contributed by atoms with Crippen molar-refractivity contribution in [1.29, 1.82) is 0 Å². The number of carbonyl (C=O) groups is 1. The third-order valence-corrected chi connectivity index (χ3v) is 5.06. The number of aliphatic imine (C=N–C) groups is 1. The first kappa shape index (κ1) is 25.9. The normalized spacial score (nSPS) is 15.6. The number of rotatable bonds is 8. The van der Waals surface area contributed by atoms with Crippen molar-refractivity contribution >= 4 is 35.8 Å². The first-order valence-electron chi connectivity index (χ1n) is 10.7. The molecule has 1 fully saturated rings. The second-order valence-electron chi connectivity index (χ2n) is 7.69. The van der Waals surface area contributed by atoms with Crippen molar-refractivity contribution in [2.45, 2.75) is 32.9 Å². The van der Waals surface area contributed by atoms with Crippen LogP contribution in [0, 0.1) is 13.8 Å². The minimum atomic E-state index is -0.0780. The molecule has 1 atom stereocenters. The molecule has 174 valence electrons. The van der Waals surface area contributed by atoms with Crippen molar-refractivity contribution < 1.29 is 14.3 Å². The van der Waals surface area contributed by atoms with Gasteiger partial charge in [-0.05, 0) is 37.6 Å². The van der Waals surface area contributed by atoms with Crippen molar-refractivity contribution in [1.82, 2.24) is 16.0 Å². The van der Waals surface area contributed by atoms with E-state index in [-0.39, 0.29) is 36.0 Å². The topological polar surface area (TPSA) is 84.0 Å². The number of guanidine groups is 1. The summed E-state index contributed by atoms with van der Waals surface area (Å²) in [6.45, 7) is 7.06. The number of hydrogen-bond acceptors (Lipinski definition) is 4. The van der Waals surface area contributed by atoms with Crippen molar-refractivity contribution in [2.75, 3.05) is 33.4 Å². The first-order chi connectivity index (χ1) is 15.0. The lowest BCUT2D eigenvalue weighted by Gasteiger charge is -2.18. The molecule has 3 rings (SSSR count). The molecule has 0 radical (unpaired) electrons. The molecule has 0 spiro atoms. The summed E-state index contributed by atoms with van der Waals surface area (Å²) in [4.78, 5) is 16.5. The van der Waals surface area contributed by atoms with Crippen LogP contribution in [-0.4, -0.2) is 51.3 Å². The molecule has 1 aliphatic heterocycles. The van der Waals surface area contributed by atoms with Gasteiger partial charge in [-0.1, -0.05) is 29.8 Å². The number of ether oxygens (including phenoxy) is 2. The van der Waals surface area contributed by atoms with Gasteiger partial charge in [0.05, 0.1) is 13.2 Å². The van der Waals surface area contributed by atoms with E-state index in [9.17, 15) is 4.79 Å². The quantitative estimate of drug-likeness (QED) is 0.203. The zero-order valence-corrected chi connectivity index (χ0v) is 21.3. The minimum Gasteiger partial charge on any atom is -0.488 e. The Morgan fingerprint density at radius 1 is 1.09 bits per heavy atom. The molecular weight excluding hydrogens is 519 g/mol. The molecule has 1 aliphatic rings. The summed E-state index contributed by atoms with van der Waals surface area (Å²) >= 11 is 0. The Hall–Kier alpha value is -2.33. The van der Waals surface area contributed by atoms with E-state index in [4.69, 9.17) is 9.47 Å². The van der Waals surface area contributed by atoms with Crippen LogP contribution >= 0.6 is 24.0 Å². The SMILES string of the molecule is CN=C(NCCNC(=O)c1cccc(C)c1)NCc1ccc(C)cc1OC1CCOC1.I. The molecule has 0 bridgehead atoms. The fourth-order valence-electron chi connectivity index (χ4n) is 3.35. The number of nitrogens with one attached hydrogen (secondary N) is 3. The fraction of sp³-hybridized carbons (Fsp3) is 0.417. The fourth-order valence-corrected chi connectivity index (χ4v) is 3.35. The van der Waals surface area contributed by atoms with Crippen LogP contribution in [0.4, 0.5) is 0 Å². The summed E-state index contributed by atoms with van der Waals surface area (Å²) in [5.41, 5.74) is 3.95.